The van der Waals surface area contributed by atoms with Crippen molar-refractivity contribution in [3.8, 4) is 5.75 Å². The van der Waals surface area contributed by atoms with E-state index in [2.05, 4.69) is 4.90 Å². The molecule has 0 spiro atoms. The molecule has 1 aromatic carbocycles. The molecule has 100 valence electrons. The Balaban J connectivity index is 2.43. The first kappa shape index (κ1) is 13.1. The molecule has 1 fully saturated rings. The fourth-order valence-corrected chi connectivity index (χ4v) is 2.45. The lowest BCUT2D eigenvalue weighted by atomic mass is 9.83. The van der Waals surface area contributed by atoms with Crippen molar-refractivity contribution in [1.29, 1.82) is 0 Å². The average Bonchev–Trinajstić information content (AvgIpc) is 2.32. The number of hydrogen-bond acceptors (Lipinski definition) is 4. The van der Waals surface area contributed by atoms with Crippen LogP contribution in [0.25, 0.3) is 0 Å². The highest BCUT2D eigenvalue weighted by molar-refractivity contribution is 5.58. The Morgan fingerprint density at radius 1 is 1.39 bits per heavy atom. The number of nitrogens with zero attached hydrogens (tertiary/aromatic N) is 1. The summed E-state index contributed by atoms with van der Waals surface area (Å²) in [7, 11) is 3.47. The molecule has 1 aromatic rings. The fraction of sp³-hybridized carbons (Fsp3) is 0.538. The van der Waals surface area contributed by atoms with Gasteiger partial charge in [-0.1, -0.05) is 0 Å². The Labute approximate surface area is 106 Å². The molecule has 5 heteroatoms. The minimum absolute atomic E-state index is 0.222. The number of nitrogens with two attached hydrogens (primary N) is 1. The Morgan fingerprint density at radius 2 is 2.00 bits per heavy atom. The van der Waals surface area contributed by atoms with Crippen LogP contribution in [-0.2, 0) is 5.60 Å². The van der Waals surface area contributed by atoms with Gasteiger partial charge in [0.15, 0.2) is 0 Å². The summed E-state index contributed by atoms with van der Waals surface area (Å²) in [5, 5.41) is 10.7. The van der Waals surface area contributed by atoms with Gasteiger partial charge in [-0.2, -0.15) is 0 Å². The van der Waals surface area contributed by atoms with Gasteiger partial charge < -0.3 is 20.5 Å². The molecule has 0 aliphatic carbocycles. The van der Waals surface area contributed by atoms with Gasteiger partial charge in [-0.05, 0) is 26.0 Å². The predicted octanol–water partition coefficient (Wildman–Crippen LogP) is 1.33. The highest BCUT2D eigenvalue weighted by Gasteiger charge is 2.36. The van der Waals surface area contributed by atoms with Crippen LogP contribution in [0.15, 0.2) is 12.1 Å². The quantitative estimate of drug-likeness (QED) is 0.782. The molecule has 3 N–H and O–H groups in total. The first-order valence-electron chi connectivity index (χ1n) is 6.01. The SMILES string of the molecule is COc1c(N)cc(F)cc1C1(O)CCN(C)CC1. The second kappa shape index (κ2) is 4.74. The largest absolute Gasteiger partial charge is 0.494 e. The van der Waals surface area contributed by atoms with E-state index in [1.165, 1.54) is 19.2 Å². The summed E-state index contributed by atoms with van der Waals surface area (Å²) in [5.74, 6) is -0.0703. The standard InChI is InChI=1S/C13H19FN2O2/c1-16-5-3-13(17,4-6-16)10-7-9(14)8-11(15)12(10)18-2/h7-8,17H,3-6,15H2,1-2H3. The number of ether oxygens (including phenoxy) is 1. The monoisotopic (exact) mass is 254 g/mol. The van der Waals surface area contributed by atoms with Crippen LogP contribution in [0.1, 0.15) is 18.4 Å². The summed E-state index contributed by atoms with van der Waals surface area (Å²) < 4.78 is 18.7. The third-order valence-electron chi connectivity index (χ3n) is 3.60. The predicted molar refractivity (Wildman–Crippen MR) is 68.0 cm³/mol. The number of nitrogen functional groups attached to an aromatic ring is 1. The van der Waals surface area contributed by atoms with Crippen LogP contribution in [0.2, 0.25) is 0 Å². The molecular weight excluding hydrogens is 235 g/mol. The Hall–Kier alpha value is -1.33. The van der Waals surface area contributed by atoms with Crippen molar-refractivity contribution in [3.63, 3.8) is 0 Å². The number of methoxy groups -OCH3 is 1. The topological polar surface area (TPSA) is 58.7 Å². The summed E-state index contributed by atoms with van der Waals surface area (Å²) in [6.45, 7) is 1.52. The molecule has 18 heavy (non-hydrogen) atoms. The van der Waals surface area contributed by atoms with Gasteiger partial charge >= 0.3 is 0 Å². The molecule has 0 atom stereocenters. The van der Waals surface area contributed by atoms with E-state index in [0.29, 0.717) is 24.2 Å². The highest BCUT2D eigenvalue weighted by Crippen LogP contribution is 2.40. The second-order valence-corrected chi connectivity index (χ2v) is 4.91. The van der Waals surface area contributed by atoms with Crippen molar-refractivity contribution >= 4 is 5.69 Å². The van der Waals surface area contributed by atoms with Crippen molar-refractivity contribution < 1.29 is 14.2 Å². The number of halogens is 1. The minimum Gasteiger partial charge on any atom is -0.494 e. The first-order chi connectivity index (χ1) is 8.46. The molecule has 0 unspecified atom stereocenters. The zero-order valence-corrected chi connectivity index (χ0v) is 10.7. The van der Waals surface area contributed by atoms with E-state index in [-0.39, 0.29) is 5.69 Å². The number of piperidine rings is 1. The van der Waals surface area contributed by atoms with E-state index < -0.39 is 11.4 Å². The number of likely N-dealkylation sites (tertiary alicyclic amines) is 1. The third kappa shape index (κ3) is 2.28. The van der Waals surface area contributed by atoms with Crippen LogP contribution in [0, 0.1) is 5.82 Å². The van der Waals surface area contributed by atoms with Crippen LogP contribution >= 0.6 is 0 Å². The molecule has 1 heterocycles. The number of anilines is 1. The number of benzene rings is 1. The van der Waals surface area contributed by atoms with E-state index in [9.17, 15) is 9.50 Å². The smallest absolute Gasteiger partial charge is 0.148 e. The molecule has 0 bridgehead atoms. The lowest BCUT2D eigenvalue weighted by Crippen LogP contribution is -2.41. The van der Waals surface area contributed by atoms with Crippen LogP contribution in [0.4, 0.5) is 10.1 Å². The Morgan fingerprint density at radius 3 is 2.56 bits per heavy atom. The van der Waals surface area contributed by atoms with Gasteiger partial charge in [0.2, 0.25) is 0 Å². The summed E-state index contributed by atoms with van der Waals surface area (Å²) in [4.78, 5) is 2.13. The van der Waals surface area contributed by atoms with E-state index in [1.807, 2.05) is 7.05 Å². The van der Waals surface area contributed by atoms with E-state index in [4.69, 9.17) is 10.5 Å². The maximum Gasteiger partial charge on any atom is 0.148 e. The molecule has 0 amide bonds. The minimum atomic E-state index is -1.06. The second-order valence-electron chi connectivity index (χ2n) is 4.91. The molecule has 4 nitrogen and oxygen atoms in total. The molecule has 0 radical (unpaired) electrons. The van der Waals surface area contributed by atoms with Crippen LogP contribution in [0.3, 0.4) is 0 Å². The molecule has 2 rings (SSSR count). The van der Waals surface area contributed by atoms with Gasteiger partial charge in [0.05, 0.1) is 18.4 Å². The number of rotatable bonds is 2. The maximum absolute atomic E-state index is 13.5. The highest BCUT2D eigenvalue weighted by atomic mass is 19.1. The van der Waals surface area contributed by atoms with Crippen molar-refractivity contribution in [1.82, 2.24) is 4.90 Å². The van der Waals surface area contributed by atoms with Crippen molar-refractivity contribution in [2.75, 3.05) is 33.0 Å². The molecular formula is C13H19FN2O2. The molecule has 0 saturated carbocycles. The molecule has 0 aromatic heterocycles. The third-order valence-corrected chi connectivity index (χ3v) is 3.60. The summed E-state index contributed by atoms with van der Waals surface area (Å²) >= 11 is 0. The van der Waals surface area contributed by atoms with E-state index >= 15 is 0 Å². The van der Waals surface area contributed by atoms with Gasteiger partial charge in [-0.25, -0.2) is 4.39 Å². The van der Waals surface area contributed by atoms with Crippen molar-refractivity contribution in [2.24, 2.45) is 0 Å². The summed E-state index contributed by atoms with van der Waals surface area (Å²) in [5.41, 5.74) is 5.35. The van der Waals surface area contributed by atoms with Gasteiger partial charge in [-0.3, -0.25) is 0 Å². The maximum atomic E-state index is 13.5. The van der Waals surface area contributed by atoms with Crippen molar-refractivity contribution in [2.45, 2.75) is 18.4 Å². The molecule has 1 aliphatic heterocycles. The fourth-order valence-electron chi connectivity index (χ4n) is 2.45. The average molecular weight is 254 g/mol. The normalized spacial score (nSPS) is 19.8. The zero-order chi connectivity index (χ0) is 13.3. The Bertz CT molecular complexity index is 443. The van der Waals surface area contributed by atoms with Crippen LogP contribution in [0.5, 0.6) is 5.75 Å². The van der Waals surface area contributed by atoms with Crippen LogP contribution in [-0.4, -0.2) is 37.3 Å². The summed E-state index contributed by atoms with van der Waals surface area (Å²) in [6.07, 6.45) is 1.09. The van der Waals surface area contributed by atoms with E-state index in [0.717, 1.165) is 13.1 Å². The molecule has 1 aliphatic rings. The lowest BCUT2D eigenvalue weighted by Gasteiger charge is -2.37. The van der Waals surface area contributed by atoms with Gasteiger partial charge in [0.25, 0.3) is 0 Å². The zero-order valence-electron chi connectivity index (χ0n) is 10.7. The summed E-state index contributed by atoms with van der Waals surface area (Å²) in [6, 6.07) is 2.53. The Kier molecular flexibility index (Phi) is 3.45. The molecule has 1 saturated heterocycles. The van der Waals surface area contributed by atoms with Gasteiger partial charge in [0, 0.05) is 24.7 Å². The van der Waals surface area contributed by atoms with E-state index in [1.54, 1.807) is 0 Å². The number of hydrogen-bond donors (Lipinski definition) is 2. The lowest BCUT2D eigenvalue weighted by molar-refractivity contribution is -0.0221. The van der Waals surface area contributed by atoms with Crippen LogP contribution < -0.4 is 10.5 Å². The van der Waals surface area contributed by atoms with Gasteiger partial charge in [-0.15, -0.1) is 0 Å². The van der Waals surface area contributed by atoms with Gasteiger partial charge in [0.1, 0.15) is 11.6 Å². The van der Waals surface area contributed by atoms with Crippen molar-refractivity contribution in [3.05, 3.63) is 23.5 Å². The number of aliphatic hydroxyl groups is 1. The first-order valence-corrected chi connectivity index (χ1v) is 6.01.